The van der Waals surface area contributed by atoms with Gasteiger partial charge in [0.05, 0.1) is 0 Å². The van der Waals surface area contributed by atoms with Gasteiger partial charge in [-0.05, 0) is 17.3 Å². The Kier molecular flexibility index (Phi) is 3.18. The van der Waals surface area contributed by atoms with E-state index in [0.29, 0.717) is 7.93 Å². The first-order chi connectivity index (χ1) is 4.88. The lowest BCUT2D eigenvalue weighted by molar-refractivity contribution is 1.15. The summed E-state index contributed by atoms with van der Waals surface area (Å²) in [5.74, 6) is 0. The molecular weight excluding hydrogens is 163 g/mol. The Balaban J connectivity index is 2.96. The number of hydrogen-bond acceptors (Lipinski definition) is 0. The molecule has 1 atom stereocenters. The third-order valence-electron chi connectivity index (χ3n) is 1.50. The van der Waals surface area contributed by atoms with Crippen molar-refractivity contribution in [2.75, 3.05) is 0 Å². The average Bonchev–Trinajstić information content (AvgIpc) is 2.04. The zero-order chi connectivity index (χ0) is 7.40. The molecule has 1 aromatic carbocycles. The molecule has 0 amide bonds. The molecular formula is C8H10ClP. The molecule has 0 aliphatic rings. The fraction of sp³-hybridized carbons (Fsp3) is 0.250. The van der Waals surface area contributed by atoms with Crippen LogP contribution in [0, 0.1) is 0 Å². The van der Waals surface area contributed by atoms with Crippen molar-refractivity contribution < 1.29 is 0 Å². The number of rotatable bonds is 2. The van der Waals surface area contributed by atoms with Crippen molar-refractivity contribution >= 4 is 24.5 Å². The molecule has 0 saturated carbocycles. The molecule has 0 N–H and O–H groups in total. The van der Waals surface area contributed by atoms with Crippen LogP contribution in [-0.4, -0.2) is 0 Å². The van der Waals surface area contributed by atoms with E-state index in [-0.39, 0.29) is 0 Å². The van der Waals surface area contributed by atoms with Crippen LogP contribution in [-0.2, 0) is 6.42 Å². The smallest absolute Gasteiger partial charge is 0.00687 e. The molecule has 1 unspecified atom stereocenters. The first kappa shape index (κ1) is 8.04. The highest BCUT2D eigenvalue weighted by Crippen LogP contribution is 2.17. The maximum absolute atomic E-state index is 5.74. The number of halogens is 1. The predicted octanol–water partition coefficient (Wildman–Crippen LogP) is 2.71. The normalized spacial score (nSPS) is 11.0. The topological polar surface area (TPSA) is 0 Å². The van der Waals surface area contributed by atoms with Gasteiger partial charge in [0.2, 0.25) is 0 Å². The minimum absolute atomic E-state index is 0.408. The first-order valence-electron chi connectivity index (χ1n) is 3.33. The molecule has 0 bridgehead atoms. The fourth-order valence-corrected chi connectivity index (χ4v) is 2.01. The van der Waals surface area contributed by atoms with Crippen molar-refractivity contribution in [1.82, 2.24) is 0 Å². The lowest BCUT2D eigenvalue weighted by Gasteiger charge is -2.01. The summed E-state index contributed by atoms with van der Waals surface area (Å²) in [7, 11) is 0.408. The molecule has 0 radical (unpaired) electrons. The Morgan fingerprint density at radius 2 is 2.10 bits per heavy atom. The largest absolute Gasteiger partial charge is 0.0948 e. The lowest BCUT2D eigenvalue weighted by Crippen LogP contribution is -1.99. The van der Waals surface area contributed by atoms with Crippen LogP contribution in [0.25, 0.3) is 0 Å². The van der Waals surface area contributed by atoms with Gasteiger partial charge in [-0.15, -0.1) is 0 Å². The summed E-state index contributed by atoms with van der Waals surface area (Å²) in [5.41, 5.74) is 1.37. The third-order valence-corrected chi connectivity index (χ3v) is 2.80. The van der Waals surface area contributed by atoms with E-state index in [1.54, 1.807) is 0 Å². The van der Waals surface area contributed by atoms with Gasteiger partial charge in [0.15, 0.2) is 0 Å². The molecule has 54 valence electrons. The Labute approximate surface area is 68.2 Å². The van der Waals surface area contributed by atoms with Crippen LogP contribution >= 0.6 is 19.2 Å². The van der Waals surface area contributed by atoms with E-state index in [1.165, 1.54) is 10.9 Å². The Hall–Kier alpha value is -0.0600. The number of aryl methyl sites for hydroxylation is 1. The highest BCUT2D eigenvalue weighted by Gasteiger charge is 1.95. The summed E-state index contributed by atoms with van der Waals surface area (Å²) in [5, 5.41) is 1.28. The zero-order valence-electron chi connectivity index (χ0n) is 5.89. The standard InChI is InChI=1S/C8H10ClP/c1-2-7-5-3-4-6-8(7)10-9/h3-6,10H,2H2,1H3. The molecule has 10 heavy (non-hydrogen) atoms. The van der Waals surface area contributed by atoms with Crippen LogP contribution in [0.1, 0.15) is 12.5 Å². The molecule has 1 aromatic rings. The first-order valence-corrected chi connectivity index (χ1v) is 5.34. The minimum Gasteiger partial charge on any atom is -0.0948 e. The molecule has 0 fully saturated rings. The Morgan fingerprint density at radius 3 is 2.60 bits per heavy atom. The van der Waals surface area contributed by atoms with Crippen molar-refractivity contribution in [2.24, 2.45) is 0 Å². The number of hydrogen-bond donors (Lipinski definition) is 0. The molecule has 0 saturated heterocycles. The summed E-state index contributed by atoms with van der Waals surface area (Å²) in [6.07, 6.45) is 1.08. The molecule has 0 aliphatic carbocycles. The average molecular weight is 173 g/mol. The van der Waals surface area contributed by atoms with Crippen LogP contribution < -0.4 is 5.30 Å². The van der Waals surface area contributed by atoms with E-state index < -0.39 is 0 Å². The summed E-state index contributed by atoms with van der Waals surface area (Å²) < 4.78 is 0. The summed E-state index contributed by atoms with van der Waals surface area (Å²) in [6, 6.07) is 8.30. The van der Waals surface area contributed by atoms with Crippen LogP contribution in [0.3, 0.4) is 0 Å². The second-order valence-electron chi connectivity index (χ2n) is 2.11. The van der Waals surface area contributed by atoms with E-state index in [0.717, 1.165) is 6.42 Å². The van der Waals surface area contributed by atoms with Crippen molar-refractivity contribution in [1.29, 1.82) is 0 Å². The Bertz CT molecular complexity index is 187. The lowest BCUT2D eigenvalue weighted by atomic mass is 10.2. The third kappa shape index (κ3) is 1.71. The van der Waals surface area contributed by atoms with Crippen molar-refractivity contribution in [3.8, 4) is 0 Å². The zero-order valence-corrected chi connectivity index (χ0v) is 7.65. The van der Waals surface area contributed by atoms with Gasteiger partial charge in [0.1, 0.15) is 0 Å². The van der Waals surface area contributed by atoms with Crippen LogP contribution in [0.4, 0.5) is 0 Å². The fourth-order valence-electron chi connectivity index (χ4n) is 0.921. The van der Waals surface area contributed by atoms with Crippen LogP contribution in [0.5, 0.6) is 0 Å². The van der Waals surface area contributed by atoms with Gasteiger partial charge in [-0.2, -0.15) is 0 Å². The van der Waals surface area contributed by atoms with Gasteiger partial charge in [-0.1, -0.05) is 42.4 Å². The number of benzene rings is 1. The summed E-state index contributed by atoms with van der Waals surface area (Å²) in [6.45, 7) is 2.15. The van der Waals surface area contributed by atoms with Gasteiger partial charge < -0.3 is 0 Å². The van der Waals surface area contributed by atoms with Gasteiger partial charge in [-0.25, -0.2) is 0 Å². The van der Waals surface area contributed by atoms with Crippen molar-refractivity contribution in [2.45, 2.75) is 13.3 Å². The molecule has 1 rings (SSSR count). The SMILES string of the molecule is CCc1ccccc1PCl. The highest BCUT2D eigenvalue weighted by atomic mass is 35.7. The van der Waals surface area contributed by atoms with Crippen molar-refractivity contribution in [3.05, 3.63) is 29.8 Å². The van der Waals surface area contributed by atoms with E-state index in [1.807, 2.05) is 6.07 Å². The molecule has 0 heterocycles. The van der Waals surface area contributed by atoms with Gasteiger partial charge in [-0.3, -0.25) is 0 Å². The van der Waals surface area contributed by atoms with E-state index in [9.17, 15) is 0 Å². The summed E-state index contributed by atoms with van der Waals surface area (Å²) in [4.78, 5) is 0. The maximum atomic E-state index is 5.74. The van der Waals surface area contributed by atoms with Crippen molar-refractivity contribution in [3.63, 3.8) is 0 Å². The van der Waals surface area contributed by atoms with Crippen LogP contribution in [0.2, 0.25) is 0 Å². The second-order valence-corrected chi connectivity index (χ2v) is 3.40. The van der Waals surface area contributed by atoms with E-state index in [2.05, 4.69) is 25.1 Å². The quantitative estimate of drug-likeness (QED) is 0.602. The van der Waals surface area contributed by atoms with Crippen LogP contribution in [0.15, 0.2) is 24.3 Å². The summed E-state index contributed by atoms with van der Waals surface area (Å²) >= 11 is 5.74. The van der Waals surface area contributed by atoms with E-state index >= 15 is 0 Å². The molecule has 0 nitrogen and oxygen atoms in total. The van der Waals surface area contributed by atoms with Gasteiger partial charge >= 0.3 is 0 Å². The monoisotopic (exact) mass is 172 g/mol. The van der Waals surface area contributed by atoms with E-state index in [4.69, 9.17) is 11.2 Å². The molecule has 0 spiro atoms. The Morgan fingerprint density at radius 1 is 1.40 bits per heavy atom. The van der Waals surface area contributed by atoms with Gasteiger partial charge in [0.25, 0.3) is 0 Å². The molecule has 0 aromatic heterocycles. The highest BCUT2D eigenvalue weighted by molar-refractivity contribution is 7.75. The second kappa shape index (κ2) is 3.95. The predicted molar refractivity (Wildman–Crippen MR) is 49.6 cm³/mol. The van der Waals surface area contributed by atoms with Gasteiger partial charge in [0, 0.05) is 7.93 Å². The maximum Gasteiger partial charge on any atom is 0.00687 e. The molecule has 2 heteroatoms. The molecule has 0 aliphatic heterocycles. The minimum atomic E-state index is 0.408.